The number of rotatable bonds is 7. The van der Waals surface area contributed by atoms with E-state index in [1.165, 1.54) is 0 Å². The molecule has 1 amide bonds. The molecule has 0 saturated carbocycles. The third-order valence-corrected chi connectivity index (χ3v) is 2.47. The molecule has 4 nitrogen and oxygen atoms in total. The maximum atomic E-state index is 11.1. The van der Waals surface area contributed by atoms with Crippen LogP contribution >= 0.6 is 11.8 Å². The fourth-order valence-electron chi connectivity index (χ4n) is 0.835. The Kier molecular flexibility index (Phi) is 7.28. The normalized spacial score (nSPS) is 12.1. The first kappa shape index (κ1) is 13.3. The number of thioether (sulfide) groups is 1. The maximum absolute atomic E-state index is 11.1. The van der Waals surface area contributed by atoms with Gasteiger partial charge in [-0.1, -0.05) is 6.92 Å². The van der Waals surface area contributed by atoms with Crippen LogP contribution in [-0.2, 0) is 9.59 Å². The van der Waals surface area contributed by atoms with Crippen molar-refractivity contribution in [2.24, 2.45) is 5.92 Å². The van der Waals surface area contributed by atoms with Gasteiger partial charge in [0.25, 0.3) is 0 Å². The maximum Gasteiger partial charge on any atom is 0.306 e. The molecule has 0 aliphatic rings. The number of carboxylic acid groups (broad SMARTS) is 1. The molecule has 0 aromatic rings. The van der Waals surface area contributed by atoms with Crippen LogP contribution in [0.2, 0.25) is 0 Å². The van der Waals surface area contributed by atoms with Crippen molar-refractivity contribution >= 4 is 23.6 Å². The monoisotopic (exact) mass is 219 g/mol. The van der Waals surface area contributed by atoms with Crippen LogP contribution in [0.1, 0.15) is 19.8 Å². The van der Waals surface area contributed by atoms with Gasteiger partial charge in [-0.05, 0) is 12.7 Å². The third kappa shape index (κ3) is 6.77. The summed E-state index contributed by atoms with van der Waals surface area (Å²) in [5, 5.41) is 11.3. The summed E-state index contributed by atoms with van der Waals surface area (Å²) in [6.07, 6.45) is 2.93. The van der Waals surface area contributed by atoms with E-state index in [-0.39, 0.29) is 5.91 Å². The second-order valence-corrected chi connectivity index (χ2v) is 4.11. The fraction of sp³-hybridized carbons (Fsp3) is 0.778. The fourth-order valence-corrected chi connectivity index (χ4v) is 1.22. The largest absolute Gasteiger partial charge is 0.481 e. The molecule has 5 heteroatoms. The third-order valence-electron chi connectivity index (χ3n) is 1.85. The Labute approximate surface area is 88.4 Å². The summed E-state index contributed by atoms with van der Waals surface area (Å²) in [5.74, 6) is -0.406. The molecular formula is C9H17NO3S. The summed E-state index contributed by atoms with van der Waals surface area (Å²) in [7, 11) is 0. The minimum Gasteiger partial charge on any atom is -0.481 e. The number of hydrogen-bond acceptors (Lipinski definition) is 3. The summed E-state index contributed by atoms with van der Waals surface area (Å²) in [5.41, 5.74) is 0. The molecule has 0 rings (SSSR count). The van der Waals surface area contributed by atoms with Crippen molar-refractivity contribution in [2.75, 3.05) is 18.6 Å². The van der Waals surface area contributed by atoms with Crippen LogP contribution in [0.5, 0.6) is 0 Å². The van der Waals surface area contributed by atoms with Crippen LogP contribution in [0.15, 0.2) is 0 Å². The van der Waals surface area contributed by atoms with E-state index in [0.717, 1.165) is 5.75 Å². The zero-order chi connectivity index (χ0) is 11.0. The summed E-state index contributed by atoms with van der Waals surface area (Å²) < 4.78 is 0. The smallest absolute Gasteiger partial charge is 0.306 e. The van der Waals surface area contributed by atoms with Crippen molar-refractivity contribution in [1.29, 1.82) is 0 Å². The molecule has 0 radical (unpaired) electrons. The number of hydrogen-bond donors (Lipinski definition) is 2. The Morgan fingerprint density at radius 3 is 2.64 bits per heavy atom. The van der Waals surface area contributed by atoms with Crippen LogP contribution in [0.3, 0.4) is 0 Å². The summed E-state index contributed by atoms with van der Waals surface area (Å²) >= 11 is 1.62. The zero-order valence-electron chi connectivity index (χ0n) is 8.58. The molecule has 0 aliphatic carbocycles. The lowest BCUT2D eigenvalue weighted by atomic mass is 10.1. The van der Waals surface area contributed by atoms with E-state index in [4.69, 9.17) is 5.11 Å². The van der Waals surface area contributed by atoms with Gasteiger partial charge in [0.1, 0.15) is 0 Å². The Bertz CT molecular complexity index is 196. The molecule has 82 valence electrons. The predicted octanol–water partition coefficient (Wildman–Crippen LogP) is 0.966. The van der Waals surface area contributed by atoms with Gasteiger partial charge in [0.15, 0.2) is 0 Å². The Morgan fingerprint density at radius 1 is 1.50 bits per heavy atom. The minimum absolute atomic E-state index is 0.00283. The highest BCUT2D eigenvalue weighted by atomic mass is 32.2. The van der Waals surface area contributed by atoms with E-state index in [1.54, 1.807) is 18.7 Å². The van der Waals surface area contributed by atoms with Gasteiger partial charge in [0.05, 0.1) is 5.92 Å². The van der Waals surface area contributed by atoms with Gasteiger partial charge in [-0.25, -0.2) is 0 Å². The van der Waals surface area contributed by atoms with Crippen molar-refractivity contribution in [3.8, 4) is 0 Å². The van der Waals surface area contributed by atoms with Crippen molar-refractivity contribution in [3.63, 3.8) is 0 Å². The highest BCUT2D eigenvalue weighted by Gasteiger charge is 2.10. The molecule has 0 aromatic carbocycles. The van der Waals surface area contributed by atoms with Crippen LogP contribution < -0.4 is 5.32 Å². The number of carbonyl (C=O) groups excluding carboxylic acids is 1. The summed E-state index contributed by atoms with van der Waals surface area (Å²) in [6.45, 7) is 2.08. The molecule has 14 heavy (non-hydrogen) atoms. The second kappa shape index (κ2) is 7.67. The standard InChI is InChI=1S/C9H17NO3S/c1-7(9(12)13)3-5-10-8(11)4-6-14-2/h7H,3-6H2,1-2H3,(H,10,11)(H,12,13). The lowest BCUT2D eigenvalue weighted by Gasteiger charge is -2.07. The number of carboxylic acids is 1. The van der Waals surface area contributed by atoms with Crippen LogP contribution in [0.4, 0.5) is 0 Å². The molecule has 0 fully saturated rings. The molecule has 1 unspecified atom stereocenters. The molecule has 1 atom stereocenters. The van der Waals surface area contributed by atoms with Crippen LogP contribution in [0, 0.1) is 5.92 Å². The van der Waals surface area contributed by atoms with E-state index in [1.807, 2.05) is 6.26 Å². The van der Waals surface area contributed by atoms with E-state index < -0.39 is 11.9 Å². The topological polar surface area (TPSA) is 66.4 Å². The van der Waals surface area contributed by atoms with Gasteiger partial charge in [0.2, 0.25) is 5.91 Å². The first-order chi connectivity index (χ1) is 6.57. The highest BCUT2D eigenvalue weighted by molar-refractivity contribution is 7.98. The van der Waals surface area contributed by atoms with Gasteiger partial charge in [0, 0.05) is 18.7 Å². The molecule has 0 spiro atoms. The van der Waals surface area contributed by atoms with E-state index in [2.05, 4.69) is 5.32 Å². The molecular weight excluding hydrogens is 202 g/mol. The quantitative estimate of drug-likeness (QED) is 0.669. The average molecular weight is 219 g/mol. The SMILES string of the molecule is CSCCC(=O)NCCC(C)C(=O)O. The number of nitrogens with one attached hydrogen (secondary N) is 1. The van der Waals surface area contributed by atoms with Gasteiger partial charge in [-0.3, -0.25) is 9.59 Å². The first-order valence-corrected chi connectivity index (χ1v) is 5.95. The summed E-state index contributed by atoms with van der Waals surface area (Å²) in [4.78, 5) is 21.5. The van der Waals surface area contributed by atoms with Gasteiger partial charge < -0.3 is 10.4 Å². The predicted molar refractivity (Wildman–Crippen MR) is 57.4 cm³/mol. The Morgan fingerprint density at radius 2 is 2.14 bits per heavy atom. The highest BCUT2D eigenvalue weighted by Crippen LogP contribution is 2.00. The van der Waals surface area contributed by atoms with Crippen LogP contribution in [-0.4, -0.2) is 35.5 Å². The lowest BCUT2D eigenvalue weighted by Crippen LogP contribution is -2.27. The van der Waals surface area contributed by atoms with Crippen molar-refractivity contribution in [1.82, 2.24) is 5.32 Å². The molecule has 2 N–H and O–H groups in total. The minimum atomic E-state index is -0.816. The van der Waals surface area contributed by atoms with E-state index in [9.17, 15) is 9.59 Å². The van der Waals surface area contributed by atoms with E-state index in [0.29, 0.717) is 19.4 Å². The van der Waals surface area contributed by atoms with Crippen LogP contribution in [0.25, 0.3) is 0 Å². The Hall–Kier alpha value is -0.710. The number of aliphatic carboxylic acids is 1. The van der Waals surface area contributed by atoms with Crippen molar-refractivity contribution in [2.45, 2.75) is 19.8 Å². The first-order valence-electron chi connectivity index (χ1n) is 4.56. The molecule has 0 aromatic heterocycles. The van der Waals surface area contributed by atoms with Gasteiger partial charge in [-0.2, -0.15) is 11.8 Å². The lowest BCUT2D eigenvalue weighted by molar-refractivity contribution is -0.141. The van der Waals surface area contributed by atoms with Gasteiger partial charge in [-0.15, -0.1) is 0 Å². The van der Waals surface area contributed by atoms with Gasteiger partial charge >= 0.3 is 5.97 Å². The number of amides is 1. The van der Waals surface area contributed by atoms with E-state index >= 15 is 0 Å². The van der Waals surface area contributed by atoms with Crippen molar-refractivity contribution in [3.05, 3.63) is 0 Å². The molecule has 0 bridgehead atoms. The second-order valence-electron chi connectivity index (χ2n) is 3.12. The molecule has 0 saturated heterocycles. The Balaban J connectivity index is 3.44. The average Bonchev–Trinajstić information content (AvgIpc) is 2.14. The molecule has 0 aliphatic heterocycles. The summed E-state index contributed by atoms with van der Waals surface area (Å²) in [6, 6.07) is 0. The molecule has 0 heterocycles. The zero-order valence-corrected chi connectivity index (χ0v) is 9.39. The number of carbonyl (C=O) groups is 2. The van der Waals surface area contributed by atoms with Crippen molar-refractivity contribution < 1.29 is 14.7 Å².